The second-order valence-electron chi connectivity index (χ2n) is 3.60. The molecule has 0 fully saturated rings. The van der Waals surface area contributed by atoms with Gasteiger partial charge in [0, 0.05) is 32.3 Å². The molecule has 1 aromatic rings. The molecule has 1 aromatic heterocycles. The molecule has 3 nitrogen and oxygen atoms in total. The second kappa shape index (κ2) is 2.59. The van der Waals surface area contributed by atoms with Gasteiger partial charge in [-0.2, -0.15) is 0 Å². The maximum absolute atomic E-state index is 4.52. The van der Waals surface area contributed by atoms with E-state index in [0.717, 1.165) is 25.3 Å². The van der Waals surface area contributed by atoms with E-state index < -0.39 is 0 Å². The van der Waals surface area contributed by atoms with Crippen molar-refractivity contribution in [3.8, 4) is 0 Å². The van der Waals surface area contributed by atoms with Crippen LogP contribution in [-0.2, 0) is 20.0 Å². The van der Waals surface area contributed by atoms with Crippen molar-refractivity contribution in [1.29, 1.82) is 0 Å². The predicted octanol–water partition coefficient (Wildman–Crippen LogP) is 0.716. The summed E-state index contributed by atoms with van der Waals surface area (Å²) in [6.45, 7) is 4.24. The van der Waals surface area contributed by atoms with Crippen LogP contribution in [0.4, 0.5) is 0 Å². The molecule has 0 aliphatic carbocycles. The van der Waals surface area contributed by atoms with Gasteiger partial charge in [0.25, 0.3) is 0 Å². The summed E-state index contributed by atoms with van der Waals surface area (Å²) in [5.41, 5.74) is 2.69. The van der Waals surface area contributed by atoms with Crippen LogP contribution in [0.15, 0.2) is 0 Å². The Balaban J connectivity index is 2.43. The Kier molecular flexibility index (Phi) is 1.68. The molecule has 2 heterocycles. The third-order valence-electron chi connectivity index (χ3n) is 2.67. The third-order valence-corrected chi connectivity index (χ3v) is 2.67. The van der Waals surface area contributed by atoms with Crippen molar-refractivity contribution in [1.82, 2.24) is 14.5 Å². The molecule has 0 amide bonds. The number of aryl methyl sites for hydroxylation is 1. The second-order valence-corrected chi connectivity index (χ2v) is 3.60. The normalized spacial score (nSPS) is 17.9. The van der Waals surface area contributed by atoms with Gasteiger partial charge in [-0.25, -0.2) is 4.98 Å². The number of hydrogen-bond acceptors (Lipinski definition) is 2. The van der Waals surface area contributed by atoms with Crippen LogP contribution in [0.25, 0.3) is 0 Å². The molecule has 12 heavy (non-hydrogen) atoms. The summed E-state index contributed by atoms with van der Waals surface area (Å²) >= 11 is 0. The fraction of sp³-hybridized carbons (Fsp3) is 0.667. The van der Waals surface area contributed by atoms with Crippen molar-refractivity contribution in [2.75, 3.05) is 13.6 Å². The van der Waals surface area contributed by atoms with Crippen LogP contribution in [0.2, 0.25) is 0 Å². The zero-order valence-electron chi connectivity index (χ0n) is 7.96. The molecular formula is C9H15N3. The van der Waals surface area contributed by atoms with Crippen molar-refractivity contribution in [2.24, 2.45) is 7.05 Å². The van der Waals surface area contributed by atoms with Gasteiger partial charge in [-0.3, -0.25) is 0 Å². The molecular weight excluding hydrogens is 150 g/mol. The van der Waals surface area contributed by atoms with Gasteiger partial charge < -0.3 is 9.47 Å². The summed E-state index contributed by atoms with van der Waals surface area (Å²) in [6.07, 6.45) is 1.14. The minimum absolute atomic E-state index is 1.01. The maximum Gasteiger partial charge on any atom is 0.105 e. The lowest BCUT2D eigenvalue weighted by Crippen LogP contribution is -2.27. The van der Waals surface area contributed by atoms with Crippen molar-refractivity contribution in [2.45, 2.75) is 19.9 Å². The highest BCUT2D eigenvalue weighted by atomic mass is 15.2. The van der Waals surface area contributed by atoms with Crippen LogP contribution in [0, 0.1) is 6.92 Å². The van der Waals surface area contributed by atoms with Gasteiger partial charge in [-0.15, -0.1) is 0 Å². The van der Waals surface area contributed by atoms with E-state index in [0.29, 0.717) is 0 Å². The molecule has 1 aliphatic rings. The van der Waals surface area contributed by atoms with Crippen LogP contribution < -0.4 is 0 Å². The van der Waals surface area contributed by atoms with E-state index in [9.17, 15) is 0 Å². The van der Waals surface area contributed by atoms with E-state index in [4.69, 9.17) is 0 Å². The number of aromatic nitrogens is 2. The molecule has 0 radical (unpaired) electrons. The van der Waals surface area contributed by atoms with Gasteiger partial charge in [0.1, 0.15) is 5.82 Å². The Morgan fingerprint density at radius 2 is 2.08 bits per heavy atom. The largest absolute Gasteiger partial charge is 0.335 e. The van der Waals surface area contributed by atoms with Gasteiger partial charge in [0.15, 0.2) is 0 Å². The van der Waals surface area contributed by atoms with E-state index in [2.05, 4.69) is 35.5 Å². The molecule has 0 saturated heterocycles. The highest BCUT2D eigenvalue weighted by molar-refractivity contribution is 5.19. The number of nitrogens with zero attached hydrogens (tertiary/aromatic N) is 3. The molecule has 66 valence electrons. The van der Waals surface area contributed by atoms with Gasteiger partial charge >= 0.3 is 0 Å². The Labute approximate surface area is 73.0 Å². The Morgan fingerprint density at radius 3 is 2.83 bits per heavy atom. The first-order valence-corrected chi connectivity index (χ1v) is 4.38. The molecule has 0 unspecified atom stereocenters. The highest BCUT2D eigenvalue weighted by Crippen LogP contribution is 2.17. The number of fused-ring (bicyclic) bond motifs is 1. The molecule has 0 bridgehead atoms. The van der Waals surface area contributed by atoms with Gasteiger partial charge in [0.05, 0.1) is 5.69 Å². The smallest absolute Gasteiger partial charge is 0.105 e. The zero-order valence-corrected chi connectivity index (χ0v) is 7.96. The highest BCUT2D eigenvalue weighted by Gasteiger charge is 2.18. The molecule has 0 saturated carbocycles. The molecule has 1 aliphatic heterocycles. The monoisotopic (exact) mass is 165 g/mol. The third kappa shape index (κ3) is 1.05. The summed E-state index contributed by atoms with van der Waals surface area (Å²) in [5.74, 6) is 1.13. The van der Waals surface area contributed by atoms with Crippen LogP contribution in [0.5, 0.6) is 0 Å². The standard InChI is InChI=1S/C9H15N3/c1-7-10-8-6-11(2)5-4-9(8)12(7)3/h4-6H2,1-3H3. The molecule has 0 aromatic carbocycles. The predicted molar refractivity (Wildman–Crippen MR) is 48.0 cm³/mol. The number of hydrogen-bond donors (Lipinski definition) is 0. The lowest BCUT2D eigenvalue weighted by Gasteiger charge is -2.21. The number of rotatable bonds is 0. The molecule has 0 spiro atoms. The quantitative estimate of drug-likeness (QED) is 0.564. The van der Waals surface area contributed by atoms with Crippen molar-refractivity contribution in [3.63, 3.8) is 0 Å². The lowest BCUT2D eigenvalue weighted by molar-refractivity contribution is 0.305. The fourth-order valence-electron chi connectivity index (χ4n) is 1.79. The van der Waals surface area contributed by atoms with E-state index in [1.807, 2.05) is 0 Å². The van der Waals surface area contributed by atoms with Gasteiger partial charge in [0.2, 0.25) is 0 Å². The van der Waals surface area contributed by atoms with Gasteiger partial charge in [-0.05, 0) is 14.0 Å². The van der Waals surface area contributed by atoms with Crippen LogP contribution in [0.3, 0.4) is 0 Å². The Morgan fingerprint density at radius 1 is 1.33 bits per heavy atom. The van der Waals surface area contributed by atoms with Crippen LogP contribution in [0.1, 0.15) is 17.2 Å². The number of likely N-dealkylation sites (N-methyl/N-ethyl adjacent to an activating group) is 1. The minimum atomic E-state index is 1.01. The molecule has 3 heteroatoms. The summed E-state index contributed by atoms with van der Waals surface area (Å²) in [7, 11) is 4.25. The summed E-state index contributed by atoms with van der Waals surface area (Å²) in [5, 5.41) is 0. The minimum Gasteiger partial charge on any atom is -0.335 e. The fourth-order valence-corrected chi connectivity index (χ4v) is 1.79. The van der Waals surface area contributed by atoms with E-state index in [1.165, 1.54) is 11.4 Å². The average molecular weight is 165 g/mol. The molecule has 0 N–H and O–H groups in total. The topological polar surface area (TPSA) is 21.1 Å². The number of imidazole rings is 1. The Bertz CT molecular complexity index is 301. The Hall–Kier alpha value is -0.830. The first-order valence-electron chi connectivity index (χ1n) is 4.38. The van der Waals surface area contributed by atoms with E-state index in [1.54, 1.807) is 0 Å². The average Bonchev–Trinajstić information content (AvgIpc) is 2.28. The van der Waals surface area contributed by atoms with Crippen LogP contribution in [-0.4, -0.2) is 28.0 Å². The van der Waals surface area contributed by atoms with Crippen LogP contribution >= 0.6 is 0 Å². The van der Waals surface area contributed by atoms with Crippen molar-refractivity contribution in [3.05, 3.63) is 17.2 Å². The van der Waals surface area contributed by atoms with E-state index in [-0.39, 0.29) is 0 Å². The lowest BCUT2D eigenvalue weighted by atomic mass is 10.1. The van der Waals surface area contributed by atoms with Crippen molar-refractivity contribution < 1.29 is 0 Å². The summed E-state index contributed by atoms with van der Waals surface area (Å²) in [6, 6.07) is 0. The first kappa shape index (κ1) is 7.80. The van der Waals surface area contributed by atoms with Gasteiger partial charge in [-0.1, -0.05) is 0 Å². The van der Waals surface area contributed by atoms with E-state index >= 15 is 0 Å². The summed E-state index contributed by atoms with van der Waals surface area (Å²) in [4.78, 5) is 6.84. The summed E-state index contributed by atoms with van der Waals surface area (Å²) < 4.78 is 2.21. The first-order chi connectivity index (χ1) is 5.68. The maximum atomic E-state index is 4.52. The zero-order chi connectivity index (χ0) is 8.72. The SMILES string of the molecule is Cc1nc2c(n1C)CCN(C)C2. The molecule has 0 atom stereocenters. The molecule has 2 rings (SSSR count). The van der Waals surface area contributed by atoms with Crippen molar-refractivity contribution >= 4 is 0 Å².